The molecule has 0 saturated carbocycles. The van der Waals surface area contributed by atoms with Gasteiger partial charge in [-0.25, -0.2) is 0 Å². The number of rotatable bonds is 6. The Morgan fingerprint density at radius 1 is 0.929 bits per heavy atom. The lowest BCUT2D eigenvalue weighted by Crippen LogP contribution is -2.24. The zero-order valence-corrected chi connectivity index (χ0v) is 15.5. The number of amides is 2. The number of carbonyl (C=O) groups excluding carboxylic acids is 3. The van der Waals surface area contributed by atoms with Crippen molar-refractivity contribution in [2.45, 2.75) is 0 Å². The minimum Gasteiger partial charge on any atom is -0.545 e. The zero-order valence-electron chi connectivity index (χ0n) is 14.7. The number of carbonyl (C=O) groups is 3. The predicted molar refractivity (Wildman–Crippen MR) is 104 cm³/mol. The molecule has 28 heavy (non-hydrogen) atoms. The van der Waals surface area contributed by atoms with Gasteiger partial charge in [-0.1, -0.05) is 24.3 Å². The van der Waals surface area contributed by atoms with E-state index in [9.17, 15) is 19.5 Å². The molecule has 2 amide bonds. The fraction of sp³-hybridized carbons (Fsp3) is 0.0500. The first-order valence-corrected chi connectivity index (χ1v) is 9.02. The maximum Gasteiger partial charge on any atom is 0.265 e. The zero-order chi connectivity index (χ0) is 20.1. The summed E-state index contributed by atoms with van der Waals surface area (Å²) < 4.78 is 5.24. The van der Waals surface area contributed by atoms with Crippen LogP contribution in [0.3, 0.4) is 0 Å². The lowest BCUT2D eigenvalue weighted by atomic mass is 10.1. The van der Waals surface area contributed by atoms with E-state index in [1.165, 1.54) is 48.8 Å². The first kappa shape index (κ1) is 19.1. The first-order valence-electron chi connectivity index (χ1n) is 8.14. The van der Waals surface area contributed by atoms with E-state index in [4.69, 9.17) is 4.74 Å². The van der Waals surface area contributed by atoms with E-state index in [-0.39, 0.29) is 22.7 Å². The van der Waals surface area contributed by atoms with Crippen molar-refractivity contribution in [3.05, 3.63) is 76.0 Å². The van der Waals surface area contributed by atoms with E-state index in [1.807, 2.05) is 0 Å². The average molecular weight is 395 g/mol. The van der Waals surface area contributed by atoms with Gasteiger partial charge in [-0.15, -0.1) is 11.3 Å². The number of thiophene rings is 1. The summed E-state index contributed by atoms with van der Waals surface area (Å²) >= 11 is 1.29. The molecule has 0 atom stereocenters. The number of methoxy groups -OCH3 is 1. The van der Waals surface area contributed by atoms with Crippen LogP contribution in [0.4, 0.5) is 11.4 Å². The van der Waals surface area contributed by atoms with Gasteiger partial charge in [-0.3, -0.25) is 9.59 Å². The van der Waals surface area contributed by atoms with Crippen LogP contribution in [0.25, 0.3) is 0 Å². The second-order valence-corrected chi connectivity index (χ2v) is 6.58. The lowest BCUT2D eigenvalue weighted by Gasteiger charge is -2.14. The highest BCUT2D eigenvalue weighted by Crippen LogP contribution is 2.27. The number of carboxylic acid groups (broad SMARTS) is 1. The molecule has 0 bridgehead atoms. The molecule has 2 aromatic carbocycles. The number of benzene rings is 2. The molecular formula is C20H15N2O5S-. The normalized spacial score (nSPS) is 10.2. The van der Waals surface area contributed by atoms with Gasteiger partial charge in [0.15, 0.2) is 0 Å². The summed E-state index contributed by atoms with van der Waals surface area (Å²) in [5.74, 6) is -1.87. The fourth-order valence-corrected chi connectivity index (χ4v) is 3.12. The van der Waals surface area contributed by atoms with Gasteiger partial charge in [-0.05, 0) is 35.7 Å². The quantitative estimate of drug-likeness (QED) is 0.667. The fourth-order valence-electron chi connectivity index (χ4n) is 2.50. The topological polar surface area (TPSA) is 108 Å². The largest absolute Gasteiger partial charge is 0.545 e. The number of carboxylic acids is 1. The molecule has 142 valence electrons. The molecule has 3 aromatic rings. The van der Waals surface area contributed by atoms with Gasteiger partial charge in [0.25, 0.3) is 11.8 Å². The third-order valence-electron chi connectivity index (χ3n) is 3.85. The van der Waals surface area contributed by atoms with Gasteiger partial charge in [0.2, 0.25) is 0 Å². The summed E-state index contributed by atoms with van der Waals surface area (Å²) in [6, 6.07) is 13.9. The van der Waals surface area contributed by atoms with Crippen molar-refractivity contribution in [2.24, 2.45) is 0 Å². The number of anilines is 2. The molecule has 0 saturated heterocycles. The molecule has 0 unspecified atom stereocenters. The predicted octanol–water partition coefficient (Wildman–Crippen LogP) is 2.62. The maximum absolute atomic E-state index is 12.6. The highest BCUT2D eigenvalue weighted by atomic mass is 32.1. The molecule has 0 aliphatic carbocycles. The van der Waals surface area contributed by atoms with E-state index in [2.05, 4.69) is 10.6 Å². The van der Waals surface area contributed by atoms with Gasteiger partial charge < -0.3 is 25.3 Å². The standard InChI is InChI=1S/C20H16N2O5S/c1-27-16-9-8-12(11-15(16)22-19(24)17-7-4-10-28-17)18(23)21-14-6-3-2-5-13(14)20(25)26/h2-11H,1H3,(H,21,23)(H,22,24)(H,25,26)/p-1. The third kappa shape index (κ3) is 4.18. The third-order valence-corrected chi connectivity index (χ3v) is 4.72. The lowest BCUT2D eigenvalue weighted by molar-refractivity contribution is -0.254. The summed E-state index contributed by atoms with van der Waals surface area (Å²) in [7, 11) is 1.45. The molecule has 0 spiro atoms. The van der Waals surface area contributed by atoms with Crippen molar-refractivity contribution in [2.75, 3.05) is 17.7 Å². The van der Waals surface area contributed by atoms with Crippen molar-refractivity contribution >= 4 is 40.5 Å². The van der Waals surface area contributed by atoms with Gasteiger partial charge in [-0.2, -0.15) is 0 Å². The summed E-state index contributed by atoms with van der Waals surface area (Å²) in [5, 5.41) is 18.2. The van der Waals surface area contributed by atoms with Crippen LogP contribution in [0.5, 0.6) is 5.75 Å². The number of hydrogen-bond donors (Lipinski definition) is 2. The molecule has 2 N–H and O–H groups in total. The molecule has 7 nitrogen and oxygen atoms in total. The van der Waals surface area contributed by atoms with Crippen LogP contribution in [0.1, 0.15) is 30.4 Å². The maximum atomic E-state index is 12.6. The van der Waals surface area contributed by atoms with Gasteiger partial charge >= 0.3 is 0 Å². The van der Waals surface area contributed by atoms with E-state index < -0.39 is 11.9 Å². The molecule has 1 heterocycles. The summed E-state index contributed by atoms with van der Waals surface area (Å²) in [5.41, 5.74) is 0.528. The van der Waals surface area contributed by atoms with Gasteiger partial charge in [0.05, 0.1) is 29.3 Å². The van der Waals surface area contributed by atoms with E-state index in [0.29, 0.717) is 16.3 Å². The van der Waals surface area contributed by atoms with Crippen molar-refractivity contribution in [1.29, 1.82) is 0 Å². The average Bonchev–Trinajstić information content (AvgIpc) is 3.23. The van der Waals surface area contributed by atoms with E-state index in [1.54, 1.807) is 29.6 Å². The monoisotopic (exact) mass is 395 g/mol. The van der Waals surface area contributed by atoms with E-state index >= 15 is 0 Å². The molecule has 8 heteroatoms. The van der Waals surface area contributed by atoms with Crippen molar-refractivity contribution in [3.63, 3.8) is 0 Å². The summed E-state index contributed by atoms with van der Waals surface area (Å²) in [4.78, 5) is 36.6. The van der Waals surface area contributed by atoms with Crippen LogP contribution >= 0.6 is 11.3 Å². The second kappa shape index (κ2) is 8.36. The Morgan fingerprint density at radius 3 is 2.36 bits per heavy atom. The second-order valence-electron chi connectivity index (χ2n) is 5.63. The van der Waals surface area contributed by atoms with Crippen molar-refractivity contribution < 1.29 is 24.2 Å². The SMILES string of the molecule is COc1ccc(C(=O)Nc2ccccc2C(=O)[O-])cc1NC(=O)c1cccs1. The molecular weight excluding hydrogens is 380 g/mol. The summed E-state index contributed by atoms with van der Waals surface area (Å²) in [6.45, 7) is 0. The minimum atomic E-state index is -1.39. The van der Waals surface area contributed by atoms with Gasteiger partial charge in [0.1, 0.15) is 5.75 Å². The Balaban J connectivity index is 1.85. The number of para-hydroxylation sites is 1. The van der Waals surface area contributed by atoms with Crippen LogP contribution < -0.4 is 20.5 Å². The minimum absolute atomic E-state index is 0.118. The van der Waals surface area contributed by atoms with Crippen LogP contribution in [0.2, 0.25) is 0 Å². The Kier molecular flexibility index (Phi) is 5.71. The highest BCUT2D eigenvalue weighted by molar-refractivity contribution is 7.12. The van der Waals surface area contributed by atoms with Crippen LogP contribution in [0, 0.1) is 0 Å². The summed E-state index contributed by atoms with van der Waals surface area (Å²) in [6.07, 6.45) is 0. The molecule has 0 fully saturated rings. The number of ether oxygens (including phenoxy) is 1. The molecule has 3 rings (SSSR count). The molecule has 0 aliphatic rings. The highest BCUT2D eigenvalue weighted by Gasteiger charge is 2.15. The number of aromatic carboxylic acids is 1. The van der Waals surface area contributed by atoms with Crippen LogP contribution in [0.15, 0.2) is 60.0 Å². The first-order chi connectivity index (χ1) is 13.5. The Hall–Kier alpha value is -3.65. The molecule has 1 aromatic heterocycles. The van der Waals surface area contributed by atoms with Crippen LogP contribution in [-0.4, -0.2) is 24.9 Å². The Bertz CT molecular complexity index is 1030. The smallest absolute Gasteiger partial charge is 0.265 e. The molecule has 0 aliphatic heterocycles. The van der Waals surface area contributed by atoms with Gasteiger partial charge in [0, 0.05) is 11.1 Å². The molecule has 0 radical (unpaired) electrons. The Labute approximate surface area is 164 Å². The van der Waals surface area contributed by atoms with Crippen LogP contribution in [-0.2, 0) is 0 Å². The number of nitrogens with one attached hydrogen (secondary N) is 2. The van der Waals surface area contributed by atoms with Crippen molar-refractivity contribution in [1.82, 2.24) is 0 Å². The number of hydrogen-bond acceptors (Lipinski definition) is 6. The van der Waals surface area contributed by atoms with Crippen molar-refractivity contribution in [3.8, 4) is 5.75 Å². The van der Waals surface area contributed by atoms with E-state index in [0.717, 1.165) is 0 Å². The Morgan fingerprint density at radius 2 is 1.68 bits per heavy atom.